The molecular formula is C19H26O4. The van der Waals surface area contributed by atoms with Crippen molar-refractivity contribution in [1.29, 1.82) is 0 Å². The van der Waals surface area contributed by atoms with E-state index in [1.54, 1.807) is 0 Å². The molecule has 1 aliphatic carbocycles. The Morgan fingerprint density at radius 3 is 2.61 bits per heavy atom. The molecule has 0 bridgehead atoms. The minimum atomic E-state index is -0.187. The van der Waals surface area contributed by atoms with Crippen molar-refractivity contribution in [3.05, 3.63) is 35.9 Å². The molecule has 0 radical (unpaired) electrons. The van der Waals surface area contributed by atoms with Crippen molar-refractivity contribution in [2.75, 3.05) is 13.2 Å². The van der Waals surface area contributed by atoms with Crippen LogP contribution >= 0.6 is 0 Å². The lowest BCUT2D eigenvalue weighted by molar-refractivity contribution is -0.146. The molecular weight excluding hydrogens is 292 g/mol. The van der Waals surface area contributed by atoms with Crippen LogP contribution in [-0.2, 0) is 25.7 Å². The lowest BCUT2D eigenvalue weighted by Gasteiger charge is -2.21. The Hall–Kier alpha value is -1.68. The number of carbonyl (C=O) groups is 2. The van der Waals surface area contributed by atoms with E-state index in [0.29, 0.717) is 50.8 Å². The van der Waals surface area contributed by atoms with E-state index in [-0.39, 0.29) is 11.9 Å². The van der Waals surface area contributed by atoms with Gasteiger partial charge in [0.1, 0.15) is 12.4 Å². The summed E-state index contributed by atoms with van der Waals surface area (Å²) in [5, 5.41) is 0. The van der Waals surface area contributed by atoms with Gasteiger partial charge in [0.25, 0.3) is 0 Å². The van der Waals surface area contributed by atoms with E-state index in [1.807, 2.05) is 37.3 Å². The number of carbonyl (C=O) groups excluding carboxylic acids is 2. The van der Waals surface area contributed by atoms with Crippen LogP contribution in [0.15, 0.2) is 30.3 Å². The van der Waals surface area contributed by atoms with E-state index in [1.165, 1.54) is 0 Å². The highest BCUT2D eigenvalue weighted by Gasteiger charge is 2.19. The van der Waals surface area contributed by atoms with Crippen LogP contribution in [0.3, 0.4) is 0 Å². The smallest absolute Gasteiger partial charge is 0.306 e. The van der Waals surface area contributed by atoms with E-state index < -0.39 is 0 Å². The van der Waals surface area contributed by atoms with Crippen LogP contribution in [0.1, 0.15) is 44.6 Å². The van der Waals surface area contributed by atoms with Gasteiger partial charge in [-0.25, -0.2) is 0 Å². The molecule has 1 aromatic rings. The van der Waals surface area contributed by atoms with Gasteiger partial charge in [-0.3, -0.25) is 9.59 Å². The van der Waals surface area contributed by atoms with Gasteiger partial charge in [0.05, 0.1) is 6.42 Å². The maximum Gasteiger partial charge on any atom is 0.306 e. The average Bonchev–Trinajstić information content (AvgIpc) is 2.56. The maximum absolute atomic E-state index is 11.8. The van der Waals surface area contributed by atoms with Crippen LogP contribution in [0.5, 0.6) is 0 Å². The SMILES string of the molecule is CC(COCC1CCC(=O)CC1)CC(=O)OCc1ccccc1. The third kappa shape index (κ3) is 6.95. The first-order valence-corrected chi connectivity index (χ1v) is 8.42. The number of esters is 1. The molecule has 0 heterocycles. The number of hydrogen-bond donors (Lipinski definition) is 0. The predicted molar refractivity (Wildman–Crippen MR) is 87.8 cm³/mol. The van der Waals surface area contributed by atoms with E-state index >= 15 is 0 Å². The third-order valence-corrected chi connectivity index (χ3v) is 4.18. The average molecular weight is 318 g/mol. The summed E-state index contributed by atoms with van der Waals surface area (Å²) in [7, 11) is 0. The first-order chi connectivity index (χ1) is 11.1. The van der Waals surface area contributed by atoms with Crippen molar-refractivity contribution in [3.8, 4) is 0 Å². The Morgan fingerprint density at radius 2 is 1.91 bits per heavy atom. The van der Waals surface area contributed by atoms with Gasteiger partial charge in [-0.15, -0.1) is 0 Å². The quantitative estimate of drug-likeness (QED) is 0.688. The third-order valence-electron chi connectivity index (χ3n) is 4.18. The van der Waals surface area contributed by atoms with Crippen LogP contribution in [-0.4, -0.2) is 25.0 Å². The molecule has 0 spiro atoms. The molecule has 0 N–H and O–H groups in total. The summed E-state index contributed by atoms with van der Waals surface area (Å²) in [5.74, 6) is 0.817. The van der Waals surface area contributed by atoms with E-state index in [0.717, 1.165) is 18.4 Å². The number of ketones is 1. The van der Waals surface area contributed by atoms with Crippen LogP contribution in [0, 0.1) is 11.8 Å². The van der Waals surface area contributed by atoms with Crippen molar-refractivity contribution < 1.29 is 19.1 Å². The summed E-state index contributed by atoms with van der Waals surface area (Å²) in [6.45, 7) is 3.57. The number of ether oxygens (including phenoxy) is 2. The summed E-state index contributed by atoms with van der Waals surface area (Å²) in [6, 6.07) is 9.67. The molecule has 23 heavy (non-hydrogen) atoms. The van der Waals surface area contributed by atoms with E-state index in [4.69, 9.17) is 9.47 Å². The zero-order valence-corrected chi connectivity index (χ0v) is 13.8. The largest absolute Gasteiger partial charge is 0.461 e. The lowest BCUT2D eigenvalue weighted by atomic mass is 9.89. The lowest BCUT2D eigenvalue weighted by Crippen LogP contribution is -2.20. The zero-order valence-electron chi connectivity index (χ0n) is 13.8. The molecule has 0 saturated heterocycles. The van der Waals surface area contributed by atoms with Crippen LogP contribution < -0.4 is 0 Å². The van der Waals surface area contributed by atoms with Crippen LogP contribution in [0.25, 0.3) is 0 Å². The molecule has 4 heteroatoms. The van der Waals surface area contributed by atoms with Crippen molar-refractivity contribution >= 4 is 11.8 Å². The minimum Gasteiger partial charge on any atom is -0.461 e. The molecule has 1 aromatic carbocycles. The monoisotopic (exact) mass is 318 g/mol. The molecule has 0 amide bonds. The first-order valence-electron chi connectivity index (χ1n) is 8.42. The molecule has 1 aliphatic rings. The van der Waals surface area contributed by atoms with E-state index in [2.05, 4.69) is 0 Å². The summed E-state index contributed by atoms with van der Waals surface area (Å²) in [6.07, 6.45) is 3.62. The Labute approximate surface area is 138 Å². The fraction of sp³-hybridized carbons (Fsp3) is 0.579. The minimum absolute atomic E-state index is 0.142. The number of rotatable bonds is 8. The molecule has 1 atom stereocenters. The predicted octanol–water partition coefficient (Wildman–Crippen LogP) is 3.53. The molecule has 0 aliphatic heterocycles. The van der Waals surface area contributed by atoms with Gasteiger partial charge < -0.3 is 9.47 Å². The van der Waals surface area contributed by atoms with Gasteiger partial charge in [0.15, 0.2) is 0 Å². The fourth-order valence-electron chi connectivity index (χ4n) is 2.74. The number of Topliss-reactive ketones (excluding diaryl/α,β-unsaturated/α-hetero) is 1. The van der Waals surface area contributed by atoms with Crippen molar-refractivity contribution in [2.45, 2.75) is 45.6 Å². The van der Waals surface area contributed by atoms with Crippen LogP contribution in [0.2, 0.25) is 0 Å². The highest BCUT2D eigenvalue weighted by atomic mass is 16.5. The Balaban J connectivity index is 1.56. The molecule has 1 fully saturated rings. The Kier molecular flexibility index (Phi) is 7.27. The molecule has 126 valence electrons. The molecule has 1 unspecified atom stereocenters. The summed E-state index contributed by atoms with van der Waals surface area (Å²) >= 11 is 0. The number of hydrogen-bond acceptors (Lipinski definition) is 4. The van der Waals surface area contributed by atoms with E-state index in [9.17, 15) is 9.59 Å². The van der Waals surface area contributed by atoms with Gasteiger partial charge in [0.2, 0.25) is 0 Å². The molecule has 2 rings (SSSR count). The van der Waals surface area contributed by atoms with Gasteiger partial charge in [-0.2, -0.15) is 0 Å². The summed E-state index contributed by atoms with van der Waals surface area (Å²) < 4.78 is 11.0. The molecule has 4 nitrogen and oxygen atoms in total. The summed E-state index contributed by atoms with van der Waals surface area (Å²) in [5.41, 5.74) is 0.997. The summed E-state index contributed by atoms with van der Waals surface area (Å²) in [4.78, 5) is 23.0. The van der Waals surface area contributed by atoms with Gasteiger partial charge in [-0.05, 0) is 30.2 Å². The maximum atomic E-state index is 11.8. The van der Waals surface area contributed by atoms with Crippen LogP contribution in [0.4, 0.5) is 0 Å². The Bertz CT molecular complexity index is 487. The van der Waals surface area contributed by atoms with Gasteiger partial charge in [-0.1, -0.05) is 37.3 Å². The second-order valence-electron chi connectivity index (χ2n) is 6.48. The second-order valence-corrected chi connectivity index (χ2v) is 6.48. The Morgan fingerprint density at radius 1 is 1.22 bits per heavy atom. The van der Waals surface area contributed by atoms with Gasteiger partial charge >= 0.3 is 5.97 Å². The normalized spacial score (nSPS) is 17.0. The number of benzene rings is 1. The highest BCUT2D eigenvalue weighted by molar-refractivity contribution is 5.79. The molecule has 0 aromatic heterocycles. The zero-order chi connectivity index (χ0) is 16.5. The first kappa shape index (κ1) is 17.7. The van der Waals surface area contributed by atoms with Crippen molar-refractivity contribution in [2.24, 2.45) is 11.8 Å². The second kappa shape index (κ2) is 9.46. The van der Waals surface area contributed by atoms with Crippen molar-refractivity contribution in [3.63, 3.8) is 0 Å². The topological polar surface area (TPSA) is 52.6 Å². The standard InChI is InChI=1S/C19H26O4/c1-15(12-22-13-17-7-9-18(20)10-8-17)11-19(21)23-14-16-5-3-2-4-6-16/h2-6,15,17H,7-14H2,1H3. The highest BCUT2D eigenvalue weighted by Crippen LogP contribution is 2.21. The molecule has 1 saturated carbocycles. The fourth-order valence-corrected chi connectivity index (χ4v) is 2.74. The van der Waals surface area contributed by atoms with Gasteiger partial charge in [0, 0.05) is 26.1 Å². The van der Waals surface area contributed by atoms with Crippen molar-refractivity contribution in [1.82, 2.24) is 0 Å².